The smallest absolute Gasteiger partial charge is 0.191 e. The van der Waals surface area contributed by atoms with Crippen molar-refractivity contribution in [3.63, 3.8) is 0 Å². The van der Waals surface area contributed by atoms with E-state index < -0.39 is 0 Å². The first-order chi connectivity index (χ1) is 11.0. The van der Waals surface area contributed by atoms with Crippen molar-refractivity contribution in [1.82, 2.24) is 10.6 Å². The van der Waals surface area contributed by atoms with Crippen molar-refractivity contribution in [3.05, 3.63) is 0 Å². The molecule has 0 radical (unpaired) electrons. The van der Waals surface area contributed by atoms with Crippen molar-refractivity contribution in [2.45, 2.75) is 65.9 Å². The number of rotatable bonds is 9. The molecule has 5 nitrogen and oxygen atoms in total. The third-order valence-electron chi connectivity index (χ3n) is 4.60. The molecule has 1 saturated carbocycles. The lowest BCUT2D eigenvalue weighted by atomic mass is 9.73. The molecule has 0 spiro atoms. The fourth-order valence-electron chi connectivity index (χ4n) is 2.83. The monoisotopic (exact) mass is 327 g/mol. The Morgan fingerprint density at radius 3 is 2.74 bits per heavy atom. The van der Waals surface area contributed by atoms with Crippen LogP contribution in [-0.2, 0) is 4.74 Å². The molecule has 1 rings (SSSR count). The fraction of sp³-hybridized carbons (Fsp3) is 0.944. The molecule has 0 amide bonds. The molecule has 0 aromatic rings. The summed E-state index contributed by atoms with van der Waals surface area (Å²) in [6, 6.07) is 0. The average Bonchev–Trinajstić information content (AvgIpc) is 2.51. The number of aliphatic hydroxyl groups excluding tert-OH is 1. The Bertz CT molecular complexity index is 347. The van der Waals surface area contributed by atoms with Gasteiger partial charge in [-0.05, 0) is 32.1 Å². The molecular weight excluding hydrogens is 290 g/mol. The van der Waals surface area contributed by atoms with Crippen LogP contribution in [0.5, 0.6) is 0 Å². The van der Waals surface area contributed by atoms with E-state index in [1.54, 1.807) is 0 Å². The highest BCUT2D eigenvalue weighted by Crippen LogP contribution is 2.36. The lowest BCUT2D eigenvalue weighted by Crippen LogP contribution is -2.42. The molecule has 0 aliphatic heterocycles. The first-order valence-electron chi connectivity index (χ1n) is 9.26. The van der Waals surface area contributed by atoms with Gasteiger partial charge in [-0.15, -0.1) is 0 Å². The Kier molecular flexibility index (Phi) is 9.56. The number of nitrogens with one attached hydrogen (secondary N) is 2. The van der Waals surface area contributed by atoms with Crippen LogP contribution in [0.15, 0.2) is 4.99 Å². The molecule has 136 valence electrons. The highest BCUT2D eigenvalue weighted by Gasteiger charge is 2.35. The molecular formula is C18H37N3O2. The van der Waals surface area contributed by atoms with Crippen LogP contribution in [-0.4, -0.2) is 50.0 Å². The molecule has 1 fully saturated rings. The molecule has 23 heavy (non-hydrogen) atoms. The molecule has 5 heteroatoms. The predicted molar refractivity (Wildman–Crippen MR) is 96.8 cm³/mol. The van der Waals surface area contributed by atoms with E-state index in [1.165, 1.54) is 6.42 Å². The summed E-state index contributed by atoms with van der Waals surface area (Å²) in [4.78, 5) is 4.68. The van der Waals surface area contributed by atoms with Gasteiger partial charge in [0.15, 0.2) is 5.96 Å². The normalized spacial score (nSPS) is 25.7. The van der Waals surface area contributed by atoms with E-state index in [4.69, 9.17) is 4.74 Å². The van der Waals surface area contributed by atoms with Crippen molar-refractivity contribution in [2.75, 3.05) is 32.8 Å². The number of aliphatic imine (C=N–C) groups is 1. The van der Waals surface area contributed by atoms with Gasteiger partial charge in [0.1, 0.15) is 0 Å². The van der Waals surface area contributed by atoms with Gasteiger partial charge in [-0.25, -0.2) is 0 Å². The Morgan fingerprint density at radius 2 is 2.09 bits per heavy atom. The summed E-state index contributed by atoms with van der Waals surface area (Å²) in [6.07, 6.45) is 5.14. The van der Waals surface area contributed by atoms with Crippen LogP contribution in [0.3, 0.4) is 0 Å². The summed E-state index contributed by atoms with van der Waals surface area (Å²) in [5.41, 5.74) is -0.0889. The van der Waals surface area contributed by atoms with Crippen LogP contribution in [0.25, 0.3) is 0 Å². The second-order valence-electron chi connectivity index (χ2n) is 7.33. The Labute approximate surface area is 142 Å². The van der Waals surface area contributed by atoms with E-state index >= 15 is 0 Å². The van der Waals surface area contributed by atoms with E-state index in [0.717, 1.165) is 51.3 Å². The van der Waals surface area contributed by atoms with Crippen molar-refractivity contribution >= 4 is 5.96 Å². The molecule has 1 aliphatic rings. The Balaban J connectivity index is 2.35. The summed E-state index contributed by atoms with van der Waals surface area (Å²) in [5.74, 6) is 1.50. The van der Waals surface area contributed by atoms with Crippen molar-refractivity contribution in [3.8, 4) is 0 Å². The third kappa shape index (κ3) is 8.02. The molecule has 0 aromatic carbocycles. The number of hydrogen-bond acceptors (Lipinski definition) is 3. The summed E-state index contributed by atoms with van der Waals surface area (Å²) >= 11 is 0. The molecule has 0 bridgehead atoms. The summed E-state index contributed by atoms with van der Waals surface area (Å²) < 4.78 is 5.62. The van der Waals surface area contributed by atoms with E-state index in [2.05, 4.69) is 43.3 Å². The Hall–Kier alpha value is -0.810. The van der Waals surface area contributed by atoms with E-state index in [0.29, 0.717) is 19.1 Å². The van der Waals surface area contributed by atoms with Gasteiger partial charge in [-0.1, -0.05) is 33.6 Å². The molecule has 2 atom stereocenters. The topological polar surface area (TPSA) is 65.9 Å². The van der Waals surface area contributed by atoms with Crippen molar-refractivity contribution in [1.29, 1.82) is 0 Å². The van der Waals surface area contributed by atoms with Crippen LogP contribution >= 0.6 is 0 Å². The van der Waals surface area contributed by atoms with Gasteiger partial charge < -0.3 is 20.5 Å². The van der Waals surface area contributed by atoms with E-state index in [1.807, 2.05) is 0 Å². The van der Waals surface area contributed by atoms with Crippen LogP contribution in [0.4, 0.5) is 0 Å². The number of guanidine groups is 1. The number of nitrogens with zero attached hydrogens (tertiary/aromatic N) is 1. The number of ether oxygens (including phenoxy) is 1. The SMILES string of the molecule is CCNC(=NCC1(C)CCCCC1O)NCCOCCC(C)C. The third-order valence-corrected chi connectivity index (χ3v) is 4.60. The molecule has 0 heterocycles. The van der Waals surface area contributed by atoms with Crippen molar-refractivity contribution in [2.24, 2.45) is 16.3 Å². The van der Waals surface area contributed by atoms with E-state index in [-0.39, 0.29) is 11.5 Å². The van der Waals surface area contributed by atoms with Gasteiger partial charge in [0.2, 0.25) is 0 Å². The minimum Gasteiger partial charge on any atom is -0.392 e. The quantitative estimate of drug-likeness (QED) is 0.346. The van der Waals surface area contributed by atoms with Gasteiger partial charge in [-0.3, -0.25) is 4.99 Å². The van der Waals surface area contributed by atoms with Gasteiger partial charge in [0.05, 0.1) is 19.3 Å². The zero-order valence-corrected chi connectivity index (χ0v) is 15.5. The lowest BCUT2D eigenvalue weighted by Gasteiger charge is -2.37. The summed E-state index contributed by atoms with van der Waals surface area (Å²) in [5, 5.41) is 16.8. The zero-order chi connectivity index (χ0) is 17.1. The lowest BCUT2D eigenvalue weighted by molar-refractivity contribution is 0.00715. The standard InChI is InChI=1S/C18H37N3O2/c1-5-19-17(20-11-13-23-12-9-15(2)3)21-14-18(4)10-7-6-8-16(18)22/h15-16,22H,5-14H2,1-4H3,(H2,19,20,21). The highest BCUT2D eigenvalue weighted by atomic mass is 16.5. The molecule has 2 unspecified atom stereocenters. The van der Waals surface area contributed by atoms with Gasteiger partial charge in [0, 0.05) is 25.1 Å². The second-order valence-corrected chi connectivity index (χ2v) is 7.33. The molecule has 3 N–H and O–H groups in total. The van der Waals surface area contributed by atoms with Crippen LogP contribution in [0, 0.1) is 11.3 Å². The highest BCUT2D eigenvalue weighted by molar-refractivity contribution is 5.79. The van der Waals surface area contributed by atoms with E-state index in [9.17, 15) is 5.11 Å². The average molecular weight is 328 g/mol. The molecule has 0 aromatic heterocycles. The maximum absolute atomic E-state index is 10.3. The van der Waals surface area contributed by atoms with Crippen LogP contribution < -0.4 is 10.6 Å². The molecule has 1 aliphatic carbocycles. The summed E-state index contributed by atoms with van der Waals surface area (Å²) in [6.45, 7) is 12.4. The van der Waals surface area contributed by atoms with Crippen molar-refractivity contribution < 1.29 is 9.84 Å². The maximum atomic E-state index is 10.3. The maximum Gasteiger partial charge on any atom is 0.191 e. The first kappa shape index (κ1) is 20.2. The van der Waals surface area contributed by atoms with Gasteiger partial charge in [-0.2, -0.15) is 0 Å². The number of aliphatic hydroxyl groups is 1. The first-order valence-corrected chi connectivity index (χ1v) is 9.26. The minimum atomic E-state index is -0.234. The number of hydrogen-bond donors (Lipinski definition) is 3. The second kappa shape index (κ2) is 10.9. The van der Waals surface area contributed by atoms with Gasteiger partial charge >= 0.3 is 0 Å². The Morgan fingerprint density at radius 1 is 1.30 bits per heavy atom. The summed E-state index contributed by atoms with van der Waals surface area (Å²) in [7, 11) is 0. The molecule has 0 saturated heterocycles. The minimum absolute atomic E-state index is 0.0889. The van der Waals surface area contributed by atoms with Crippen LogP contribution in [0.2, 0.25) is 0 Å². The zero-order valence-electron chi connectivity index (χ0n) is 15.5. The van der Waals surface area contributed by atoms with Gasteiger partial charge in [0.25, 0.3) is 0 Å². The predicted octanol–water partition coefficient (Wildman–Crippen LogP) is 2.55. The fourth-order valence-corrected chi connectivity index (χ4v) is 2.83. The largest absolute Gasteiger partial charge is 0.392 e. The van der Waals surface area contributed by atoms with Crippen LogP contribution in [0.1, 0.15) is 59.8 Å².